The van der Waals surface area contributed by atoms with Crippen molar-refractivity contribution >= 4 is 11.8 Å². The van der Waals surface area contributed by atoms with E-state index in [9.17, 15) is 14.4 Å². The van der Waals surface area contributed by atoms with E-state index in [0.717, 1.165) is 12.1 Å². The van der Waals surface area contributed by atoms with E-state index in [-0.39, 0.29) is 29.2 Å². The van der Waals surface area contributed by atoms with Crippen molar-refractivity contribution in [1.82, 2.24) is 35.4 Å². The Hall–Kier alpha value is -3.04. The minimum Gasteiger partial charge on any atom is -0.354 e. The number of rotatable bonds is 5. The number of aromatic nitrogens is 5. The van der Waals surface area contributed by atoms with Gasteiger partial charge in [0.2, 0.25) is 11.8 Å². The molecule has 0 aromatic carbocycles. The predicted molar refractivity (Wildman–Crippen MR) is 98.3 cm³/mol. The molecule has 28 heavy (non-hydrogen) atoms. The number of carbonyl (C=O) groups excluding carboxylic acids is 2. The molecule has 0 saturated carbocycles. The summed E-state index contributed by atoms with van der Waals surface area (Å²) in [6.45, 7) is 3.08. The van der Waals surface area contributed by atoms with Crippen LogP contribution in [0.25, 0.3) is 0 Å². The van der Waals surface area contributed by atoms with E-state index >= 15 is 0 Å². The number of hydrogen-bond acceptors (Lipinski definition) is 6. The second-order valence-corrected chi connectivity index (χ2v) is 7.44. The Balaban J connectivity index is 1.52. The maximum absolute atomic E-state index is 13.0. The first kappa shape index (κ1) is 18.3. The summed E-state index contributed by atoms with van der Waals surface area (Å²) in [7, 11) is 0. The second kappa shape index (κ2) is 7.53. The van der Waals surface area contributed by atoms with E-state index in [1.54, 1.807) is 22.5 Å². The van der Waals surface area contributed by atoms with Gasteiger partial charge in [0.05, 0.1) is 0 Å². The quantitative estimate of drug-likeness (QED) is 0.676. The molecule has 1 fully saturated rings. The van der Waals surface area contributed by atoms with Gasteiger partial charge in [-0.15, -0.1) is 10.2 Å². The third-order valence-electron chi connectivity index (χ3n) is 5.63. The van der Waals surface area contributed by atoms with Gasteiger partial charge in [0.25, 0.3) is 5.56 Å². The molecule has 1 saturated heterocycles. The van der Waals surface area contributed by atoms with E-state index in [1.165, 1.54) is 6.07 Å². The average molecular weight is 385 g/mol. The number of fused-ring (bicyclic) bond motifs is 4. The zero-order chi connectivity index (χ0) is 19.7. The number of carbonyl (C=O) groups is 2. The molecule has 0 unspecified atom stereocenters. The predicted octanol–water partition coefficient (Wildman–Crippen LogP) is -0.383. The van der Waals surface area contributed by atoms with Gasteiger partial charge < -0.3 is 10.2 Å². The molecule has 2 aliphatic rings. The Morgan fingerprint density at radius 1 is 1.32 bits per heavy atom. The molecular weight excluding hydrogens is 362 g/mol. The Bertz CT molecular complexity index is 924. The van der Waals surface area contributed by atoms with Crippen LogP contribution in [-0.4, -0.2) is 61.5 Å². The van der Waals surface area contributed by atoms with E-state index in [4.69, 9.17) is 0 Å². The number of aromatic amines is 1. The summed E-state index contributed by atoms with van der Waals surface area (Å²) >= 11 is 0. The molecule has 2 aromatic heterocycles. The lowest BCUT2D eigenvalue weighted by Crippen LogP contribution is -2.54. The highest BCUT2D eigenvalue weighted by molar-refractivity contribution is 5.81. The first-order chi connectivity index (χ1) is 13.5. The molecule has 2 amide bonds. The van der Waals surface area contributed by atoms with Crippen LogP contribution in [-0.2, 0) is 16.0 Å². The summed E-state index contributed by atoms with van der Waals surface area (Å²) in [4.78, 5) is 39.3. The van der Waals surface area contributed by atoms with E-state index < -0.39 is 6.04 Å². The smallest absolute Gasteiger partial charge is 0.251 e. The number of nitrogens with zero attached hydrogens (tertiary/aromatic N) is 5. The fraction of sp³-hybridized carbons (Fsp3) is 0.556. The Labute approximate surface area is 161 Å². The van der Waals surface area contributed by atoms with Gasteiger partial charge in [0.1, 0.15) is 6.04 Å². The molecule has 2 N–H and O–H groups in total. The Kier molecular flexibility index (Phi) is 4.93. The zero-order valence-corrected chi connectivity index (χ0v) is 15.7. The summed E-state index contributed by atoms with van der Waals surface area (Å²) in [6, 6.07) is 4.50. The summed E-state index contributed by atoms with van der Waals surface area (Å²) < 4.78 is 1.63. The molecule has 4 heterocycles. The lowest BCUT2D eigenvalue weighted by Gasteiger charge is -2.46. The van der Waals surface area contributed by atoms with Crippen LogP contribution in [0.4, 0.5) is 0 Å². The van der Waals surface area contributed by atoms with Crippen LogP contribution in [0.2, 0.25) is 0 Å². The van der Waals surface area contributed by atoms with Gasteiger partial charge in [-0.25, -0.2) is 0 Å². The number of nitrogens with one attached hydrogen (secondary N) is 2. The number of hydrogen-bond donors (Lipinski definition) is 2. The molecule has 2 aliphatic heterocycles. The van der Waals surface area contributed by atoms with Gasteiger partial charge in [-0.3, -0.25) is 19.0 Å². The van der Waals surface area contributed by atoms with Crippen molar-refractivity contribution in [3.63, 3.8) is 0 Å². The lowest BCUT2D eigenvalue weighted by molar-refractivity contribution is -0.135. The number of likely N-dealkylation sites (tertiary alicyclic amines) is 1. The van der Waals surface area contributed by atoms with Crippen molar-refractivity contribution in [2.75, 3.05) is 19.6 Å². The van der Waals surface area contributed by atoms with Crippen molar-refractivity contribution < 1.29 is 9.59 Å². The van der Waals surface area contributed by atoms with Crippen LogP contribution >= 0.6 is 0 Å². The van der Waals surface area contributed by atoms with Crippen LogP contribution in [0.5, 0.6) is 0 Å². The number of amides is 2. The lowest BCUT2D eigenvalue weighted by atomic mass is 9.78. The SMILES string of the molecule is CC(=O)N1C[C@H]2C[C@@H](C1)[C@H](C(=O)NCCCc1nn[nH]n1)n1c2cccc1=O. The number of aryl methyl sites for hydroxylation is 1. The van der Waals surface area contributed by atoms with E-state index in [0.29, 0.717) is 38.3 Å². The first-order valence-electron chi connectivity index (χ1n) is 9.51. The second-order valence-electron chi connectivity index (χ2n) is 7.44. The Morgan fingerprint density at radius 2 is 2.18 bits per heavy atom. The van der Waals surface area contributed by atoms with Gasteiger partial charge in [0, 0.05) is 56.6 Å². The van der Waals surface area contributed by atoms with Crippen molar-refractivity contribution in [2.24, 2.45) is 5.92 Å². The zero-order valence-electron chi connectivity index (χ0n) is 15.7. The maximum atomic E-state index is 13.0. The number of piperidine rings is 1. The highest BCUT2D eigenvalue weighted by Crippen LogP contribution is 2.41. The number of tetrazole rings is 1. The minimum atomic E-state index is -0.604. The molecule has 10 heteroatoms. The highest BCUT2D eigenvalue weighted by atomic mass is 16.2. The summed E-state index contributed by atoms with van der Waals surface area (Å²) in [5.74, 6) is 0.421. The van der Waals surface area contributed by atoms with E-state index in [2.05, 4.69) is 25.9 Å². The molecular formula is C18H23N7O3. The molecule has 4 rings (SSSR count). The molecule has 0 spiro atoms. The summed E-state index contributed by atoms with van der Waals surface area (Å²) in [5.41, 5.74) is 0.664. The summed E-state index contributed by atoms with van der Waals surface area (Å²) in [6.07, 6.45) is 2.07. The van der Waals surface area contributed by atoms with Crippen molar-refractivity contribution in [3.8, 4) is 0 Å². The molecule has 148 valence electrons. The van der Waals surface area contributed by atoms with Crippen molar-refractivity contribution in [1.29, 1.82) is 0 Å². The fourth-order valence-electron chi connectivity index (χ4n) is 4.38. The van der Waals surface area contributed by atoms with Crippen LogP contribution in [0, 0.1) is 5.92 Å². The molecule has 2 bridgehead atoms. The number of H-pyrrole nitrogens is 1. The van der Waals surface area contributed by atoms with Gasteiger partial charge in [-0.1, -0.05) is 11.3 Å². The topological polar surface area (TPSA) is 126 Å². The van der Waals surface area contributed by atoms with Crippen molar-refractivity contribution in [2.45, 2.75) is 38.1 Å². The van der Waals surface area contributed by atoms with Crippen LogP contribution < -0.4 is 10.9 Å². The largest absolute Gasteiger partial charge is 0.354 e. The molecule has 3 atom stereocenters. The van der Waals surface area contributed by atoms with Crippen molar-refractivity contribution in [3.05, 3.63) is 40.1 Å². The summed E-state index contributed by atoms with van der Waals surface area (Å²) in [5, 5.41) is 16.6. The van der Waals surface area contributed by atoms with Gasteiger partial charge >= 0.3 is 0 Å². The molecule has 10 nitrogen and oxygen atoms in total. The van der Waals surface area contributed by atoms with Gasteiger partial charge in [-0.2, -0.15) is 5.21 Å². The Morgan fingerprint density at radius 3 is 2.93 bits per heavy atom. The monoisotopic (exact) mass is 385 g/mol. The number of pyridine rings is 1. The van der Waals surface area contributed by atoms with Crippen LogP contribution in [0.1, 0.15) is 43.2 Å². The molecule has 0 radical (unpaired) electrons. The van der Waals surface area contributed by atoms with Gasteiger partial charge in [-0.05, 0) is 18.9 Å². The fourth-order valence-corrected chi connectivity index (χ4v) is 4.38. The van der Waals surface area contributed by atoms with Gasteiger partial charge in [0.15, 0.2) is 5.82 Å². The third-order valence-corrected chi connectivity index (χ3v) is 5.63. The molecule has 2 aromatic rings. The van der Waals surface area contributed by atoms with E-state index in [1.807, 2.05) is 6.07 Å². The third kappa shape index (κ3) is 3.41. The minimum absolute atomic E-state index is 0.000647. The normalized spacial score (nSPS) is 23.2. The van der Waals surface area contributed by atoms with Crippen LogP contribution in [0.15, 0.2) is 23.0 Å². The molecule has 0 aliphatic carbocycles. The first-order valence-corrected chi connectivity index (χ1v) is 9.51. The van der Waals surface area contributed by atoms with Crippen LogP contribution in [0.3, 0.4) is 0 Å². The highest BCUT2D eigenvalue weighted by Gasteiger charge is 2.44. The standard InChI is InChI=1S/C18H23N7O3/c1-11(26)24-9-12-8-13(10-24)17(25-14(12)4-2-6-16(25)27)18(28)19-7-3-5-15-20-22-23-21-15/h2,4,6,12-13,17H,3,5,7-10H2,1H3,(H,19,28)(H,20,21,22,23)/t12-,13+,17-/m1/s1. The average Bonchev–Trinajstić information content (AvgIpc) is 3.19. The maximum Gasteiger partial charge on any atom is 0.251 e.